The Morgan fingerprint density at radius 3 is 2.76 bits per heavy atom. The van der Waals surface area contributed by atoms with E-state index in [0.29, 0.717) is 27.6 Å². The van der Waals surface area contributed by atoms with Gasteiger partial charge in [-0.05, 0) is 30.3 Å². The quantitative estimate of drug-likeness (QED) is 0.790. The van der Waals surface area contributed by atoms with Crippen molar-refractivity contribution >= 4 is 29.5 Å². The van der Waals surface area contributed by atoms with E-state index in [4.69, 9.17) is 27.9 Å². The monoisotopic (exact) mass is 267 g/mol. The lowest BCUT2D eigenvalue weighted by Crippen LogP contribution is -1.93. The number of halogens is 2. The van der Waals surface area contributed by atoms with Gasteiger partial charge in [-0.15, -0.1) is 0 Å². The van der Waals surface area contributed by atoms with Gasteiger partial charge in [0.2, 0.25) is 5.88 Å². The number of aldehydes is 1. The fraction of sp³-hybridized carbons (Fsp3) is 0. The minimum Gasteiger partial charge on any atom is -0.437 e. The van der Waals surface area contributed by atoms with Gasteiger partial charge in [0.25, 0.3) is 0 Å². The summed E-state index contributed by atoms with van der Waals surface area (Å²) in [6, 6.07) is 8.08. The van der Waals surface area contributed by atoms with Crippen molar-refractivity contribution in [3.05, 3.63) is 52.1 Å². The van der Waals surface area contributed by atoms with E-state index in [1.54, 1.807) is 30.3 Å². The second kappa shape index (κ2) is 5.17. The number of rotatable bonds is 3. The molecule has 17 heavy (non-hydrogen) atoms. The highest BCUT2D eigenvalue weighted by Crippen LogP contribution is 2.31. The summed E-state index contributed by atoms with van der Waals surface area (Å²) in [6.07, 6.45) is 2.21. The van der Waals surface area contributed by atoms with E-state index >= 15 is 0 Å². The molecule has 5 heteroatoms. The third kappa shape index (κ3) is 2.75. The molecular formula is C12H7Cl2NO2. The first kappa shape index (κ1) is 11.9. The number of carbonyl (C=O) groups excluding carboxylic acids is 1. The Labute approximate surface area is 108 Å². The van der Waals surface area contributed by atoms with Gasteiger partial charge in [0.05, 0.1) is 10.6 Å². The predicted molar refractivity (Wildman–Crippen MR) is 66.2 cm³/mol. The van der Waals surface area contributed by atoms with Gasteiger partial charge in [0, 0.05) is 11.2 Å². The lowest BCUT2D eigenvalue weighted by Gasteiger charge is -2.07. The molecule has 0 aliphatic carbocycles. The first-order chi connectivity index (χ1) is 8.20. The lowest BCUT2D eigenvalue weighted by molar-refractivity contribution is 0.112. The van der Waals surface area contributed by atoms with Crippen LogP contribution in [0.25, 0.3) is 0 Å². The van der Waals surface area contributed by atoms with Gasteiger partial charge in [-0.3, -0.25) is 4.79 Å². The van der Waals surface area contributed by atoms with E-state index in [-0.39, 0.29) is 5.88 Å². The van der Waals surface area contributed by atoms with Crippen LogP contribution in [-0.4, -0.2) is 11.3 Å². The molecule has 86 valence electrons. The average Bonchev–Trinajstić information content (AvgIpc) is 2.33. The number of aromatic nitrogens is 1. The van der Waals surface area contributed by atoms with Crippen LogP contribution in [-0.2, 0) is 0 Å². The number of carbonyl (C=O) groups is 1. The third-order valence-corrected chi connectivity index (χ3v) is 2.56. The molecule has 0 aliphatic rings. The molecule has 0 N–H and O–H groups in total. The molecule has 0 fully saturated rings. The Bertz CT molecular complexity index is 558. The molecule has 1 heterocycles. The Morgan fingerprint density at radius 2 is 2.06 bits per heavy atom. The highest BCUT2D eigenvalue weighted by atomic mass is 35.5. The van der Waals surface area contributed by atoms with Gasteiger partial charge < -0.3 is 4.74 Å². The Morgan fingerprint density at radius 1 is 1.24 bits per heavy atom. The van der Waals surface area contributed by atoms with Gasteiger partial charge in [-0.2, -0.15) is 0 Å². The molecule has 2 rings (SSSR count). The summed E-state index contributed by atoms with van der Waals surface area (Å²) in [5.41, 5.74) is 0.360. The fourth-order valence-corrected chi connectivity index (χ4v) is 1.69. The zero-order valence-electron chi connectivity index (χ0n) is 8.56. The highest BCUT2D eigenvalue weighted by molar-refractivity contribution is 6.35. The third-order valence-electron chi connectivity index (χ3n) is 2.03. The summed E-state index contributed by atoms with van der Waals surface area (Å²) in [6.45, 7) is 0. The average molecular weight is 268 g/mol. The van der Waals surface area contributed by atoms with Gasteiger partial charge in [0.1, 0.15) is 5.75 Å². The first-order valence-electron chi connectivity index (χ1n) is 4.74. The summed E-state index contributed by atoms with van der Waals surface area (Å²) < 4.78 is 5.45. The lowest BCUT2D eigenvalue weighted by atomic mass is 10.3. The second-order valence-electron chi connectivity index (χ2n) is 3.19. The molecule has 0 saturated heterocycles. The molecule has 1 aromatic heterocycles. The van der Waals surface area contributed by atoms with E-state index in [2.05, 4.69) is 4.98 Å². The maximum atomic E-state index is 10.8. The van der Waals surface area contributed by atoms with Crippen LogP contribution in [0.15, 0.2) is 36.5 Å². The van der Waals surface area contributed by atoms with Crippen LogP contribution in [0.2, 0.25) is 10.0 Å². The van der Waals surface area contributed by atoms with Gasteiger partial charge in [-0.25, -0.2) is 4.98 Å². The number of hydrogen-bond donors (Lipinski definition) is 0. The predicted octanol–water partition coefficient (Wildman–Crippen LogP) is 3.99. The van der Waals surface area contributed by atoms with Crippen LogP contribution < -0.4 is 4.74 Å². The number of hydrogen-bond acceptors (Lipinski definition) is 3. The van der Waals surface area contributed by atoms with Crippen molar-refractivity contribution in [3.63, 3.8) is 0 Å². The zero-order valence-corrected chi connectivity index (χ0v) is 10.1. The summed E-state index contributed by atoms with van der Waals surface area (Å²) in [7, 11) is 0. The summed E-state index contributed by atoms with van der Waals surface area (Å²) in [4.78, 5) is 14.7. The topological polar surface area (TPSA) is 39.2 Å². The number of nitrogens with zero attached hydrogens (tertiary/aromatic N) is 1. The van der Waals surface area contributed by atoms with Crippen molar-refractivity contribution in [2.75, 3.05) is 0 Å². The first-order valence-corrected chi connectivity index (χ1v) is 5.49. The molecule has 0 radical (unpaired) electrons. The van der Waals surface area contributed by atoms with Crippen LogP contribution >= 0.6 is 23.2 Å². The molecular weight excluding hydrogens is 261 g/mol. The maximum Gasteiger partial charge on any atom is 0.229 e. The standard InChI is InChI=1S/C12H7Cl2NO2/c13-9-3-4-11(10(14)6-9)17-12-8(7-16)2-1-5-15-12/h1-7H. The second-order valence-corrected chi connectivity index (χ2v) is 4.04. The molecule has 0 aliphatic heterocycles. The maximum absolute atomic E-state index is 10.8. The molecule has 2 aromatic rings. The van der Waals surface area contributed by atoms with Crippen LogP contribution in [0.5, 0.6) is 11.6 Å². The fourth-order valence-electron chi connectivity index (χ4n) is 1.24. The number of benzene rings is 1. The molecule has 0 bridgehead atoms. The zero-order chi connectivity index (χ0) is 12.3. The Balaban J connectivity index is 2.34. The number of pyridine rings is 1. The summed E-state index contributed by atoms with van der Waals surface area (Å²) in [5.74, 6) is 0.615. The van der Waals surface area contributed by atoms with Crippen molar-refractivity contribution in [1.29, 1.82) is 0 Å². The molecule has 3 nitrogen and oxygen atoms in total. The van der Waals surface area contributed by atoms with E-state index in [9.17, 15) is 4.79 Å². The Kier molecular flexibility index (Phi) is 3.61. The summed E-state index contributed by atoms with van der Waals surface area (Å²) >= 11 is 11.7. The van der Waals surface area contributed by atoms with Crippen LogP contribution in [0.3, 0.4) is 0 Å². The van der Waals surface area contributed by atoms with E-state index in [0.717, 1.165) is 0 Å². The molecule has 0 unspecified atom stereocenters. The SMILES string of the molecule is O=Cc1cccnc1Oc1ccc(Cl)cc1Cl. The Hall–Kier alpha value is -1.58. The van der Waals surface area contributed by atoms with Crippen molar-refractivity contribution in [3.8, 4) is 11.6 Å². The summed E-state index contributed by atoms with van der Waals surface area (Å²) in [5, 5.41) is 0.874. The van der Waals surface area contributed by atoms with Crippen LogP contribution in [0, 0.1) is 0 Å². The van der Waals surface area contributed by atoms with E-state index < -0.39 is 0 Å². The van der Waals surface area contributed by atoms with Crippen molar-refractivity contribution < 1.29 is 9.53 Å². The normalized spacial score (nSPS) is 10.0. The van der Waals surface area contributed by atoms with Gasteiger partial charge in [0.15, 0.2) is 6.29 Å². The number of ether oxygens (including phenoxy) is 1. The van der Waals surface area contributed by atoms with E-state index in [1.165, 1.54) is 6.20 Å². The van der Waals surface area contributed by atoms with Crippen molar-refractivity contribution in [1.82, 2.24) is 4.98 Å². The molecule has 0 atom stereocenters. The molecule has 0 spiro atoms. The van der Waals surface area contributed by atoms with Crippen molar-refractivity contribution in [2.24, 2.45) is 0 Å². The van der Waals surface area contributed by atoms with Crippen molar-refractivity contribution in [2.45, 2.75) is 0 Å². The highest BCUT2D eigenvalue weighted by Gasteiger charge is 2.08. The molecule has 0 saturated carbocycles. The molecule has 1 aromatic carbocycles. The smallest absolute Gasteiger partial charge is 0.229 e. The minimum atomic E-state index is 0.215. The minimum absolute atomic E-state index is 0.215. The van der Waals surface area contributed by atoms with E-state index in [1.807, 2.05) is 0 Å². The van der Waals surface area contributed by atoms with Crippen LogP contribution in [0.1, 0.15) is 10.4 Å². The van der Waals surface area contributed by atoms with Crippen LogP contribution in [0.4, 0.5) is 0 Å². The van der Waals surface area contributed by atoms with Gasteiger partial charge in [-0.1, -0.05) is 23.2 Å². The molecule has 0 amide bonds. The van der Waals surface area contributed by atoms with Gasteiger partial charge >= 0.3 is 0 Å². The largest absolute Gasteiger partial charge is 0.437 e.